The van der Waals surface area contributed by atoms with Crippen molar-refractivity contribution in [2.45, 2.75) is 57.9 Å². The Morgan fingerprint density at radius 2 is 2.04 bits per heavy atom. The number of rotatable bonds is 4. The molecule has 8 nitrogen and oxygen atoms in total. The SMILES string of the molecule is CN=C(NCCn1cc([N+](=O)[O-])cn1)N1CCCC2(CCCCCC2)C1. The molecule has 0 radical (unpaired) electrons. The van der Waals surface area contributed by atoms with Gasteiger partial charge in [-0.15, -0.1) is 0 Å². The van der Waals surface area contributed by atoms with Gasteiger partial charge >= 0.3 is 5.69 Å². The summed E-state index contributed by atoms with van der Waals surface area (Å²) >= 11 is 0. The molecule has 1 saturated heterocycles. The second kappa shape index (κ2) is 8.51. The molecule has 2 aliphatic rings. The number of hydrogen-bond donors (Lipinski definition) is 1. The molecule has 0 aromatic carbocycles. The Morgan fingerprint density at radius 1 is 1.31 bits per heavy atom. The fourth-order valence-electron chi connectivity index (χ4n) is 4.46. The summed E-state index contributed by atoms with van der Waals surface area (Å²) in [5.41, 5.74) is 0.496. The van der Waals surface area contributed by atoms with Crippen LogP contribution in [0.5, 0.6) is 0 Å². The monoisotopic (exact) mass is 362 g/mol. The highest BCUT2D eigenvalue weighted by Crippen LogP contribution is 2.42. The van der Waals surface area contributed by atoms with Gasteiger partial charge in [0.2, 0.25) is 0 Å². The molecule has 0 atom stereocenters. The van der Waals surface area contributed by atoms with Crippen LogP contribution in [-0.2, 0) is 6.54 Å². The Hall–Kier alpha value is -2.12. The van der Waals surface area contributed by atoms with Crippen molar-refractivity contribution in [2.75, 3.05) is 26.7 Å². The van der Waals surface area contributed by atoms with E-state index in [1.54, 1.807) is 4.68 Å². The van der Waals surface area contributed by atoms with Crippen molar-refractivity contribution in [1.82, 2.24) is 20.0 Å². The van der Waals surface area contributed by atoms with Crippen molar-refractivity contribution in [3.8, 4) is 0 Å². The van der Waals surface area contributed by atoms with E-state index in [0.717, 1.165) is 19.0 Å². The second-order valence-corrected chi connectivity index (χ2v) is 7.63. The van der Waals surface area contributed by atoms with E-state index in [1.165, 1.54) is 63.8 Å². The van der Waals surface area contributed by atoms with Gasteiger partial charge in [0.15, 0.2) is 5.96 Å². The minimum absolute atomic E-state index is 0.0284. The van der Waals surface area contributed by atoms with Gasteiger partial charge in [0, 0.05) is 26.7 Å². The van der Waals surface area contributed by atoms with Crippen molar-refractivity contribution < 1.29 is 4.92 Å². The summed E-state index contributed by atoms with van der Waals surface area (Å²) in [6.07, 6.45) is 13.5. The largest absolute Gasteiger partial charge is 0.354 e. The smallest absolute Gasteiger partial charge is 0.306 e. The van der Waals surface area contributed by atoms with Crippen LogP contribution in [0.3, 0.4) is 0 Å². The molecule has 144 valence electrons. The first-order valence-electron chi connectivity index (χ1n) is 9.74. The standard InChI is InChI=1S/C18H30N6O2/c1-19-17(20-10-12-23-14-16(13-21-23)24(25)26)22-11-6-9-18(15-22)7-4-2-3-5-8-18/h13-14H,2-12,15H2,1H3,(H,19,20). The predicted octanol–water partition coefficient (Wildman–Crippen LogP) is 2.80. The number of hydrogen-bond acceptors (Lipinski definition) is 4. The van der Waals surface area contributed by atoms with Crippen molar-refractivity contribution >= 4 is 11.6 Å². The molecular formula is C18H30N6O2. The number of piperidine rings is 1. The molecule has 2 fully saturated rings. The topological polar surface area (TPSA) is 88.6 Å². The molecule has 8 heteroatoms. The van der Waals surface area contributed by atoms with Crippen molar-refractivity contribution in [3.63, 3.8) is 0 Å². The van der Waals surface area contributed by atoms with Crippen LogP contribution in [0.25, 0.3) is 0 Å². The Balaban J connectivity index is 1.53. The van der Waals surface area contributed by atoms with Gasteiger partial charge in [0.05, 0.1) is 11.5 Å². The van der Waals surface area contributed by atoms with E-state index in [1.807, 2.05) is 7.05 Å². The zero-order valence-corrected chi connectivity index (χ0v) is 15.7. The van der Waals surface area contributed by atoms with Gasteiger partial charge in [-0.3, -0.25) is 19.8 Å². The van der Waals surface area contributed by atoms with E-state index in [0.29, 0.717) is 18.5 Å². The van der Waals surface area contributed by atoms with Crippen LogP contribution in [0.4, 0.5) is 5.69 Å². The lowest BCUT2D eigenvalue weighted by atomic mass is 9.74. The first kappa shape index (κ1) is 18.7. The molecular weight excluding hydrogens is 332 g/mol. The van der Waals surface area contributed by atoms with Crippen molar-refractivity contribution in [3.05, 3.63) is 22.5 Å². The molecule has 1 aromatic rings. The summed E-state index contributed by atoms with van der Waals surface area (Å²) in [6, 6.07) is 0. The quantitative estimate of drug-likeness (QED) is 0.385. The van der Waals surface area contributed by atoms with Crippen LogP contribution in [-0.4, -0.2) is 52.2 Å². The van der Waals surface area contributed by atoms with Gasteiger partial charge < -0.3 is 10.2 Å². The normalized spacial score (nSPS) is 20.8. The van der Waals surface area contributed by atoms with Gasteiger partial charge in [-0.1, -0.05) is 25.7 Å². The molecule has 3 rings (SSSR count). The number of nitrogens with one attached hydrogen (secondary N) is 1. The number of nitro groups is 1. The van der Waals surface area contributed by atoms with E-state index in [9.17, 15) is 10.1 Å². The lowest BCUT2D eigenvalue weighted by Gasteiger charge is -2.44. The van der Waals surface area contributed by atoms with Crippen LogP contribution < -0.4 is 5.32 Å². The highest BCUT2D eigenvalue weighted by molar-refractivity contribution is 5.80. The molecule has 1 N–H and O–H groups in total. The maximum Gasteiger partial charge on any atom is 0.306 e. The van der Waals surface area contributed by atoms with E-state index >= 15 is 0 Å². The van der Waals surface area contributed by atoms with E-state index in [2.05, 4.69) is 20.3 Å². The Kier molecular flexibility index (Phi) is 6.11. The summed E-state index contributed by atoms with van der Waals surface area (Å²) in [5, 5.41) is 18.2. The summed E-state index contributed by atoms with van der Waals surface area (Å²) < 4.78 is 1.60. The second-order valence-electron chi connectivity index (χ2n) is 7.63. The average molecular weight is 362 g/mol. The van der Waals surface area contributed by atoms with Crippen LogP contribution in [0.1, 0.15) is 51.4 Å². The van der Waals surface area contributed by atoms with Crippen LogP contribution in [0.15, 0.2) is 17.4 Å². The Morgan fingerprint density at radius 3 is 2.69 bits per heavy atom. The molecule has 26 heavy (non-hydrogen) atoms. The molecule has 1 aromatic heterocycles. The predicted molar refractivity (Wildman–Crippen MR) is 101 cm³/mol. The molecule has 1 saturated carbocycles. The molecule has 1 aliphatic heterocycles. The first-order valence-corrected chi connectivity index (χ1v) is 9.74. The minimum atomic E-state index is -0.421. The molecule has 0 bridgehead atoms. The molecule has 1 spiro atoms. The van der Waals surface area contributed by atoms with E-state index in [4.69, 9.17) is 0 Å². The summed E-state index contributed by atoms with van der Waals surface area (Å²) in [4.78, 5) is 17.2. The Labute approximate surface area is 154 Å². The lowest BCUT2D eigenvalue weighted by Crippen LogP contribution is -2.51. The first-order chi connectivity index (χ1) is 12.6. The van der Waals surface area contributed by atoms with E-state index in [-0.39, 0.29) is 5.69 Å². The summed E-state index contributed by atoms with van der Waals surface area (Å²) in [6.45, 7) is 3.37. The summed E-state index contributed by atoms with van der Waals surface area (Å²) in [7, 11) is 1.83. The van der Waals surface area contributed by atoms with Crippen LogP contribution >= 0.6 is 0 Å². The number of likely N-dealkylation sites (tertiary alicyclic amines) is 1. The third-order valence-corrected chi connectivity index (χ3v) is 5.79. The van der Waals surface area contributed by atoms with Gasteiger partial charge in [0.1, 0.15) is 12.4 Å². The fraction of sp³-hybridized carbons (Fsp3) is 0.778. The zero-order valence-electron chi connectivity index (χ0n) is 15.7. The van der Waals surface area contributed by atoms with Gasteiger partial charge in [-0.25, -0.2) is 0 Å². The Bertz CT molecular complexity index is 633. The van der Waals surface area contributed by atoms with Crippen LogP contribution in [0, 0.1) is 15.5 Å². The summed E-state index contributed by atoms with van der Waals surface area (Å²) in [5.74, 6) is 0.940. The molecule has 2 heterocycles. The molecule has 1 aliphatic carbocycles. The molecule has 0 unspecified atom stereocenters. The average Bonchev–Trinajstić information content (AvgIpc) is 3.01. The van der Waals surface area contributed by atoms with Crippen molar-refractivity contribution in [2.24, 2.45) is 10.4 Å². The minimum Gasteiger partial charge on any atom is -0.354 e. The molecule has 0 amide bonds. The lowest BCUT2D eigenvalue weighted by molar-refractivity contribution is -0.385. The highest BCUT2D eigenvalue weighted by Gasteiger charge is 2.36. The van der Waals surface area contributed by atoms with Crippen molar-refractivity contribution in [1.29, 1.82) is 0 Å². The number of guanidine groups is 1. The number of aliphatic imine (C=N–C) groups is 1. The number of nitrogens with zero attached hydrogens (tertiary/aromatic N) is 5. The van der Waals surface area contributed by atoms with Crippen LogP contribution in [0.2, 0.25) is 0 Å². The fourth-order valence-corrected chi connectivity index (χ4v) is 4.46. The highest BCUT2D eigenvalue weighted by atomic mass is 16.6. The third-order valence-electron chi connectivity index (χ3n) is 5.79. The maximum atomic E-state index is 10.7. The zero-order chi connectivity index (χ0) is 18.4. The third kappa shape index (κ3) is 4.53. The maximum absolute atomic E-state index is 10.7. The van der Waals surface area contributed by atoms with Gasteiger partial charge in [-0.05, 0) is 31.1 Å². The van der Waals surface area contributed by atoms with E-state index < -0.39 is 4.92 Å². The van der Waals surface area contributed by atoms with Gasteiger partial charge in [-0.2, -0.15) is 5.10 Å². The number of aromatic nitrogens is 2. The van der Waals surface area contributed by atoms with Gasteiger partial charge in [0.25, 0.3) is 0 Å².